The van der Waals surface area contributed by atoms with E-state index in [1.165, 1.54) is 37.7 Å². The van der Waals surface area contributed by atoms with Crippen molar-refractivity contribution in [3.8, 4) is 0 Å². The predicted molar refractivity (Wildman–Crippen MR) is 97.5 cm³/mol. The molecule has 1 heterocycles. The Morgan fingerprint density at radius 1 is 1.17 bits per heavy atom. The number of rotatable bonds is 7. The second-order valence-corrected chi connectivity index (χ2v) is 6.34. The number of imidazole rings is 1. The van der Waals surface area contributed by atoms with Crippen LogP contribution in [-0.2, 0) is 11.3 Å². The Kier molecular flexibility index (Phi) is 7.76. The van der Waals surface area contributed by atoms with Crippen LogP contribution in [0.1, 0.15) is 55.3 Å². The van der Waals surface area contributed by atoms with Crippen LogP contribution >= 0.6 is 12.4 Å². The molecule has 3 rings (SSSR count). The van der Waals surface area contributed by atoms with Gasteiger partial charge in [0.1, 0.15) is 6.10 Å². The van der Waals surface area contributed by atoms with Gasteiger partial charge < -0.3 is 14.4 Å². The maximum Gasteiger partial charge on any atom is 0.100 e. The van der Waals surface area contributed by atoms with Crippen LogP contribution in [0.15, 0.2) is 43.0 Å². The molecule has 1 N–H and O–H groups in total. The average molecular weight is 351 g/mol. The van der Waals surface area contributed by atoms with Gasteiger partial charge in [0, 0.05) is 12.4 Å². The van der Waals surface area contributed by atoms with E-state index in [2.05, 4.69) is 29.2 Å². The molecule has 1 aliphatic rings. The maximum atomic E-state index is 9.06. The molecule has 1 saturated carbocycles. The lowest BCUT2D eigenvalue weighted by molar-refractivity contribution is 0.0180. The molecule has 2 aromatic rings. The Morgan fingerprint density at radius 3 is 2.54 bits per heavy atom. The molecule has 4 nitrogen and oxygen atoms in total. The molecule has 1 fully saturated rings. The third-order valence-electron chi connectivity index (χ3n) is 4.73. The summed E-state index contributed by atoms with van der Waals surface area (Å²) in [6.07, 6.45) is 12.2. The highest BCUT2D eigenvalue weighted by Gasteiger charge is 2.17. The van der Waals surface area contributed by atoms with Crippen molar-refractivity contribution in [3.05, 3.63) is 54.1 Å². The highest BCUT2D eigenvalue weighted by atomic mass is 35.5. The first-order valence-corrected chi connectivity index (χ1v) is 8.65. The van der Waals surface area contributed by atoms with Crippen LogP contribution in [0.2, 0.25) is 0 Å². The molecule has 0 aliphatic heterocycles. The SMILES string of the molecule is Cl.OCCOC(Cn1ccnc1)c1ccc(C2CCCCC2)cc1. The lowest BCUT2D eigenvalue weighted by atomic mass is 9.84. The van der Waals surface area contributed by atoms with Crippen LogP contribution in [0.3, 0.4) is 0 Å². The molecule has 1 aromatic carbocycles. The average Bonchev–Trinajstić information content (AvgIpc) is 3.13. The Hall–Kier alpha value is -1.36. The molecule has 132 valence electrons. The summed E-state index contributed by atoms with van der Waals surface area (Å²) < 4.78 is 7.85. The van der Waals surface area contributed by atoms with Crippen molar-refractivity contribution < 1.29 is 9.84 Å². The number of aliphatic hydroxyl groups is 1. The van der Waals surface area contributed by atoms with E-state index < -0.39 is 0 Å². The van der Waals surface area contributed by atoms with E-state index in [0.717, 1.165) is 11.5 Å². The summed E-state index contributed by atoms with van der Waals surface area (Å²) in [7, 11) is 0. The van der Waals surface area contributed by atoms with Crippen LogP contribution in [0.5, 0.6) is 0 Å². The Balaban J connectivity index is 0.00000208. The number of halogens is 1. The molecule has 24 heavy (non-hydrogen) atoms. The molecule has 0 amide bonds. The molecule has 0 bridgehead atoms. The smallest absolute Gasteiger partial charge is 0.100 e. The van der Waals surface area contributed by atoms with Gasteiger partial charge in [0.25, 0.3) is 0 Å². The van der Waals surface area contributed by atoms with Crippen LogP contribution in [-0.4, -0.2) is 27.9 Å². The van der Waals surface area contributed by atoms with Gasteiger partial charge >= 0.3 is 0 Å². The fourth-order valence-electron chi connectivity index (χ4n) is 3.45. The molecule has 0 spiro atoms. The van der Waals surface area contributed by atoms with Crippen LogP contribution in [0.4, 0.5) is 0 Å². The van der Waals surface area contributed by atoms with E-state index in [9.17, 15) is 0 Å². The zero-order valence-corrected chi connectivity index (χ0v) is 14.8. The third-order valence-corrected chi connectivity index (χ3v) is 4.73. The molecule has 0 saturated heterocycles. The predicted octanol–water partition coefficient (Wildman–Crippen LogP) is 4.10. The summed E-state index contributed by atoms with van der Waals surface area (Å²) in [6.45, 7) is 1.10. The van der Waals surface area contributed by atoms with E-state index in [1.807, 2.05) is 10.8 Å². The topological polar surface area (TPSA) is 47.3 Å². The fourth-order valence-corrected chi connectivity index (χ4v) is 3.45. The molecular weight excluding hydrogens is 324 g/mol. The van der Waals surface area contributed by atoms with Gasteiger partial charge in [-0.15, -0.1) is 12.4 Å². The normalized spacial score (nSPS) is 16.5. The summed E-state index contributed by atoms with van der Waals surface area (Å²) in [5.74, 6) is 0.725. The van der Waals surface area contributed by atoms with Crippen LogP contribution < -0.4 is 0 Å². The van der Waals surface area contributed by atoms with Crippen LogP contribution in [0.25, 0.3) is 0 Å². The second kappa shape index (κ2) is 9.82. The minimum Gasteiger partial charge on any atom is -0.394 e. The number of aromatic nitrogens is 2. The summed E-state index contributed by atoms with van der Waals surface area (Å²) in [4.78, 5) is 4.08. The molecule has 1 aliphatic carbocycles. The Bertz CT molecular complexity index is 566. The van der Waals surface area contributed by atoms with E-state index in [-0.39, 0.29) is 25.1 Å². The van der Waals surface area contributed by atoms with Crippen molar-refractivity contribution in [1.29, 1.82) is 0 Å². The number of nitrogens with zero attached hydrogens (tertiary/aromatic N) is 2. The Labute approximate surface area is 150 Å². The fraction of sp³-hybridized carbons (Fsp3) is 0.526. The van der Waals surface area contributed by atoms with E-state index in [0.29, 0.717) is 13.2 Å². The van der Waals surface area contributed by atoms with Gasteiger partial charge in [-0.1, -0.05) is 43.5 Å². The highest BCUT2D eigenvalue weighted by molar-refractivity contribution is 5.85. The van der Waals surface area contributed by atoms with Crippen molar-refractivity contribution in [2.45, 2.75) is 50.7 Å². The zero-order valence-electron chi connectivity index (χ0n) is 14.0. The largest absolute Gasteiger partial charge is 0.394 e. The van der Waals surface area contributed by atoms with Crippen molar-refractivity contribution in [1.82, 2.24) is 9.55 Å². The van der Waals surface area contributed by atoms with Gasteiger partial charge in [-0.3, -0.25) is 0 Å². The number of benzene rings is 1. The lowest BCUT2D eigenvalue weighted by Crippen LogP contribution is -2.14. The summed E-state index contributed by atoms with van der Waals surface area (Å²) >= 11 is 0. The van der Waals surface area contributed by atoms with Crippen molar-refractivity contribution >= 4 is 12.4 Å². The number of hydrogen-bond acceptors (Lipinski definition) is 3. The molecular formula is C19H27ClN2O2. The molecule has 0 radical (unpaired) electrons. The zero-order chi connectivity index (χ0) is 15.9. The quantitative estimate of drug-likeness (QED) is 0.817. The van der Waals surface area contributed by atoms with Crippen molar-refractivity contribution in [2.75, 3.05) is 13.2 Å². The van der Waals surface area contributed by atoms with Gasteiger partial charge in [0.2, 0.25) is 0 Å². The number of ether oxygens (including phenoxy) is 1. The van der Waals surface area contributed by atoms with Gasteiger partial charge in [-0.25, -0.2) is 4.98 Å². The highest BCUT2D eigenvalue weighted by Crippen LogP contribution is 2.33. The minimum absolute atomic E-state index is 0. The minimum atomic E-state index is -0.0586. The summed E-state index contributed by atoms with van der Waals surface area (Å²) in [6, 6.07) is 8.88. The van der Waals surface area contributed by atoms with Crippen molar-refractivity contribution in [3.63, 3.8) is 0 Å². The first kappa shape index (κ1) is 19.0. The van der Waals surface area contributed by atoms with E-state index >= 15 is 0 Å². The first-order valence-electron chi connectivity index (χ1n) is 8.65. The summed E-state index contributed by atoms with van der Waals surface area (Å²) in [5.41, 5.74) is 2.61. The standard InChI is InChI=1S/C19H26N2O2.ClH/c22-12-13-23-19(14-21-11-10-20-15-21)18-8-6-17(7-9-18)16-4-2-1-3-5-16;/h6-11,15-16,19,22H,1-5,12-14H2;1H. The lowest BCUT2D eigenvalue weighted by Gasteiger charge is -2.23. The number of hydrogen-bond donors (Lipinski definition) is 1. The molecule has 1 aromatic heterocycles. The monoisotopic (exact) mass is 350 g/mol. The van der Waals surface area contributed by atoms with E-state index in [4.69, 9.17) is 9.84 Å². The molecule has 1 atom stereocenters. The second-order valence-electron chi connectivity index (χ2n) is 6.34. The van der Waals surface area contributed by atoms with Crippen LogP contribution in [0, 0.1) is 0 Å². The van der Waals surface area contributed by atoms with E-state index in [1.54, 1.807) is 12.5 Å². The van der Waals surface area contributed by atoms with Gasteiger partial charge in [-0.2, -0.15) is 0 Å². The molecule has 5 heteroatoms. The third kappa shape index (κ3) is 5.07. The van der Waals surface area contributed by atoms with Crippen molar-refractivity contribution in [2.24, 2.45) is 0 Å². The van der Waals surface area contributed by atoms with Gasteiger partial charge in [-0.05, 0) is 29.9 Å². The summed E-state index contributed by atoms with van der Waals surface area (Å²) in [5, 5.41) is 9.06. The maximum absolute atomic E-state index is 9.06. The first-order chi connectivity index (χ1) is 11.4. The van der Waals surface area contributed by atoms with Gasteiger partial charge in [0.15, 0.2) is 0 Å². The Morgan fingerprint density at radius 2 is 1.92 bits per heavy atom. The van der Waals surface area contributed by atoms with Gasteiger partial charge in [0.05, 0.1) is 26.1 Å². The molecule has 1 unspecified atom stereocenters. The number of aliphatic hydroxyl groups excluding tert-OH is 1.